The third-order valence-corrected chi connectivity index (χ3v) is 4.31. The summed E-state index contributed by atoms with van der Waals surface area (Å²) in [5.74, 6) is 2.08. The van der Waals surface area contributed by atoms with Crippen molar-refractivity contribution in [1.82, 2.24) is 0 Å². The highest BCUT2D eigenvalue weighted by Crippen LogP contribution is 2.54. The average Bonchev–Trinajstić information content (AvgIpc) is 1.96. The fourth-order valence-corrected chi connectivity index (χ4v) is 4.02. The molecule has 4 bridgehead atoms. The summed E-state index contributed by atoms with van der Waals surface area (Å²) in [5.41, 5.74) is 5.82. The molecule has 4 fully saturated rings. The molecule has 0 aromatic carbocycles. The van der Waals surface area contributed by atoms with Gasteiger partial charge in [-0.25, -0.2) is 0 Å². The van der Waals surface area contributed by atoms with Crippen LogP contribution in [0.3, 0.4) is 0 Å². The Morgan fingerprint density at radius 2 is 1.67 bits per heavy atom. The van der Waals surface area contributed by atoms with Crippen LogP contribution >= 0.6 is 0 Å². The van der Waals surface area contributed by atoms with E-state index in [4.69, 9.17) is 5.73 Å². The summed E-state index contributed by atoms with van der Waals surface area (Å²) in [6, 6.07) is 0.404. The molecule has 4 aliphatic rings. The van der Waals surface area contributed by atoms with Crippen molar-refractivity contribution in [1.29, 1.82) is 0 Å². The normalized spacial score (nSPS) is 62.5. The van der Waals surface area contributed by atoms with Crippen LogP contribution in [0, 0.1) is 17.8 Å². The van der Waals surface area contributed by atoms with Crippen LogP contribution in [0.25, 0.3) is 0 Å². The molecule has 5 atom stereocenters. The minimum Gasteiger partial charge on any atom is -0.390 e. The van der Waals surface area contributed by atoms with E-state index in [9.17, 15) is 5.11 Å². The second-order valence-electron chi connectivity index (χ2n) is 5.27. The number of rotatable bonds is 0. The smallest absolute Gasteiger partial charge is 0.0657 e. The zero-order valence-corrected chi connectivity index (χ0v) is 7.37. The number of aliphatic hydroxyl groups is 1. The first kappa shape index (κ1) is 7.34. The number of nitrogens with two attached hydrogens (primary N) is 1. The standard InChI is InChI=1S/C10H17NO/c11-9-7-1-6-2-8(9)5-10(12,3-6)4-7/h6-9,12H,1-5,11H2/t6-,7+,8-,9-,10-. The average molecular weight is 167 g/mol. The van der Waals surface area contributed by atoms with Crippen molar-refractivity contribution < 1.29 is 5.11 Å². The quantitative estimate of drug-likeness (QED) is 0.562. The van der Waals surface area contributed by atoms with Crippen molar-refractivity contribution in [2.24, 2.45) is 23.5 Å². The predicted octanol–water partition coefficient (Wildman–Crippen LogP) is 0.885. The summed E-state index contributed by atoms with van der Waals surface area (Å²) in [6.07, 6.45) is 5.62. The highest BCUT2D eigenvalue weighted by Gasteiger charge is 2.53. The number of hydrogen-bond acceptors (Lipinski definition) is 2. The van der Waals surface area contributed by atoms with Crippen LogP contribution in [-0.2, 0) is 0 Å². The Morgan fingerprint density at radius 3 is 2.17 bits per heavy atom. The minimum atomic E-state index is -0.299. The van der Waals surface area contributed by atoms with Gasteiger partial charge < -0.3 is 10.8 Å². The van der Waals surface area contributed by atoms with Crippen molar-refractivity contribution in [3.8, 4) is 0 Å². The molecule has 0 spiro atoms. The molecule has 0 aromatic heterocycles. The molecule has 0 saturated heterocycles. The molecule has 0 unspecified atom stereocenters. The predicted molar refractivity (Wildman–Crippen MR) is 46.5 cm³/mol. The highest BCUT2D eigenvalue weighted by molar-refractivity contribution is 5.06. The maximum atomic E-state index is 10.2. The van der Waals surface area contributed by atoms with Crippen LogP contribution in [-0.4, -0.2) is 16.7 Å². The van der Waals surface area contributed by atoms with Gasteiger partial charge in [0.15, 0.2) is 0 Å². The lowest BCUT2D eigenvalue weighted by molar-refractivity contribution is -0.132. The molecule has 2 heteroatoms. The van der Waals surface area contributed by atoms with Gasteiger partial charge in [0, 0.05) is 6.04 Å². The molecule has 0 radical (unpaired) electrons. The fraction of sp³-hybridized carbons (Fsp3) is 1.00. The molecule has 0 heterocycles. The van der Waals surface area contributed by atoms with E-state index in [0.717, 1.165) is 25.2 Å². The molecule has 4 rings (SSSR count). The summed E-state index contributed by atoms with van der Waals surface area (Å²) in [4.78, 5) is 0. The van der Waals surface area contributed by atoms with E-state index in [-0.39, 0.29) is 5.60 Å². The second-order valence-corrected chi connectivity index (χ2v) is 5.27. The molecule has 0 aliphatic heterocycles. The second kappa shape index (κ2) is 2.05. The zero-order valence-electron chi connectivity index (χ0n) is 7.37. The maximum absolute atomic E-state index is 10.2. The van der Waals surface area contributed by atoms with Gasteiger partial charge in [0.05, 0.1) is 5.60 Å². The number of hydrogen-bond donors (Lipinski definition) is 2. The van der Waals surface area contributed by atoms with Crippen molar-refractivity contribution in [2.45, 2.75) is 43.7 Å². The Morgan fingerprint density at radius 1 is 1.08 bits per heavy atom. The third kappa shape index (κ3) is 0.826. The third-order valence-electron chi connectivity index (χ3n) is 4.31. The van der Waals surface area contributed by atoms with Crippen molar-refractivity contribution in [2.75, 3.05) is 0 Å². The van der Waals surface area contributed by atoms with Gasteiger partial charge in [-0.2, -0.15) is 0 Å². The van der Waals surface area contributed by atoms with Gasteiger partial charge in [-0.3, -0.25) is 0 Å². The zero-order chi connectivity index (χ0) is 8.34. The summed E-state index contributed by atoms with van der Waals surface area (Å²) in [5, 5.41) is 10.2. The largest absolute Gasteiger partial charge is 0.390 e. The Bertz CT molecular complexity index is 200. The summed E-state index contributed by atoms with van der Waals surface area (Å²) < 4.78 is 0. The van der Waals surface area contributed by atoms with Gasteiger partial charge in [-0.15, -0.1) is 0 Å². The molecule has 68 valence electrons. The van der Waals surface area contributed by atoms with E-state index in [1.54, 1.807) is 0 Å². The van der Waals surface area contributed by atoms with E-state index in [1.165, 1.54) is 12.8 Å². The lowest BCUT2D eigenvalue weighted by Crippen LogP contribution is -2.59. The van der Waals surface area contributed by atoms with Crippen LogP contribution in [0.5, 0.6) is 0 Å². The molecule has 4 aliphatic carbocycles. The monoisotopic (exact) mass is 167 g/mol. The minimum absolute atomic E-state index is 0.299. The topological polar surface area (TPSA) is 46.2 Å². The maximum Gasteiger partial charge on any atom is 0.0657 e. The first-order chi connectivity index (χ1) is 5.66. The van der Waals surface area contributed by atoms with E-state index >= 15 is 0 Å². The van der Waals surface area contributed by atoms with Crippen molar-refractivity contribution in [3.63, 3.8) is 0 Å². The molecule has 4 saturated carbocycles. The summed E-state index contributed by atoms with van der Waals surface area (Å²) in [7, 11) is 0. The van der Waals surface area contributed by atoms with Crippen LogP contribution < -0.4 is 5.73 Å². The van der Waals surface area contributed by atoms with Crippen LogP contribution in [0.4, 0.5) is 0 Å². The van der Waals surface area contributed by atoms with Gasteiger partial charge in [-0.05, 0) is 49.9 Å². The van der Waals surface area contributed by atoms with Crippen LogP contribution in [0.2, 0.25) is 0 Å². The fourth-order valence-electron chi connectivity index (χ4n) is 4.02. The summed E-state index contributed by atoms with van der Waals surface area (Å²) in [6.45, 7) is 0. The van der Waals surface area contributed by atoms with Gasteiger partial charge in [0.1, 0.15) is 0 Å². The Kier molecular flexibility index (Phi) is 1.25. The van der Waals surface area contributed by atoms with E-state index in [1.807, 2.05) is 0 Å². The van der Waals surface area contributed by atoms with E-state index in [0.29, 0.717) is 17.9 Å². The Hall–Kier alpha value is -0.0800. The van der Waals surface area contributed by atoms with Gasteiger partial charge >= 0.3 is 0 Å². The molecule has 2 nitrogen and oxygen atoms in total. The Balaban J connectivity index is 1.95. The first-order valence-electron chi connectivity index (χ1n) is 5.14. The molecular weight excluding hydrogens is 150 g/mol. The van der Waals surface area contributed by atoms with Crippen LogP contribution in [0.15, 0.2) is 0 Å². The highest BCUT2D eigenvalue weighted by atomic mass is 16.3. The van der Waals surface area contributed by atoms with Gasteiger partial charge in [-0.1, -0.05) is 0 Å². The van der Waals surface area contributed by atoms with E-state index in [2.05, 4.69) is 0 Å². The molecule has 12 heavy (non-hydrogen) atoms. The van der Waals surface area contributed by atoms with Crippen LogP contribution in [0.1, 0.15) is 32.1 Å². The molecular formula is C10H17NO. The molecule has 0 amide bonds. The van der Waals surface area contributed by atoms with Gasteiger partial charge in [0.2, 0.25) is 0 Å². The summed E-state index contributed by atoms with van der Waals surface area (Å²) >= 11 is 0. The van der Waals surface area contributed by atoms with Gasteiger partial charge in [0.25, 0.3) is 0 Å². The van der Waals surface area contributed by atoms with Crippen molar-refractivity contribution in [3.05, 3.63) is 0 Å². The lowest BCUT2D eigenvalue weighted by Gasteiger charge is -2.57. The lowest BCUT2D eigenvalue weighted by atomic mass is 9.52. The molecule has 3 N–H and O–H groups in total. The van der Waals surface area contributed by atoms with Crippen molar-refractivity contribution >= 4 is 0 Å². The van der Waals surface area contributed by atoms with E-state index < -0.39 is 0 Å². The molecule has 0 aromatic rings. The Labute approximate surface area is 73.1 Å². The first-order valence-corrected chi connectivity index (χ1v) is 5.14. The SMILES string of the molecule is N[C@H]1[C@@H]2C[C@H]3C[C@H]1C[C@](O)(C3)C2.